The molecule has 37 heavy (non-hydrogen) atoms. The monoisotopic (exact) mass is 537 g/mol. The quantitative estimate of drug-likeness (QED) is 0.237. The van der Waals surface area contributed by atoms with Gasteiger partial charge in [0.2, 0.25) is 0 Å². The van der Waals surface area contributed by atoms with Crippen LogP contribution in [-0.4, -0.2) is 36.6 Å². The molecule has 0 saturated carbocycles. The summed E-state index contributed by atoms with van der Waals surface area (Å²) in [6, 6.07) is 7.74. The van der Waals surface area contributed by atoms with Crippen molar-refractivity contribution in [3.8, 4) is 5.00 Å². The summed E-state index contributed by atoms with van der Waals surface area (Å²) in [7, 11) is 0. The van der Waals surface area contributed by atoms with Gasteiger partial charge in [0.15, 0.2) is 0 Å². The van der Waals surface area contributed by atoms with E-state index in [0.29, 0.717) is 16.1 Å². The number of nitro groups is 1. The predicted octanol–water partition coefficient (Wildman–Crippen LogP) is 5.88. The number of rotatable bonds is 6. The van der Waals surface area contributed by atoms with E-state index in [0.717, 1.165) is 69.7 Å². The highest BCUT2D eigenvalue weighted by atomic mass is 32.2. The summed E-state index contributed by atoms with van der Waals surface area (Å²) in [5.41, 5.74) is 3.99. The Kier molecular flexibility index (Phi) is 6.50. The number of fused-ring (bicyclic) bond motifs is 1. The summed E-state index contributed by atoms with van der Waals surface area (Å²) in [5.74, 6) is -1.41. The molecule has 1 aromatic carbocycles. The maximum Gasteiger partial charge on any atom is 0.339 e. The van der Waals surface area contributed by atoms with E-state index in [1.54, 1.807) is 12.1 Å². The molecule has 0 spiro atoms. The molecule has 1 saturated heterocycles. The summed E-state index contributed by atoms with van der Waals surface area (Å²) in [4.78, 5) is 50.9. The summed E-state index contributed by atoms with van der Waals surface area (Å²) < 4.78 is 1.92. The number of hydrogen-bond acceptors (Lipinski definition) is 7. The highest BCUT2D eigenvalue weighted by Crippen LogP contribution is 2.40. The van der Waals surface area contributed by atoms with Gasteiger partial charge in [0.05, 0.1) is 21.9 Å². The third-order valence-corrected chi connectivity index (χ3v) is 8.85. The predicted molar refractivity (Wildman–Crippen MR) is 141 cm³/mol. The first-order valence-electron chi connectivity index (χ1n) is 11.7. The number of benzene rings is 1. The van der Waals surface area contributed by atoms with Crippen LogP contribution in [0, 0.1) is 24.0 Å². The Hall–Kier alpha value is -3.70. The molecule has 0 unspecified atom stereocenters. The first-order valence-corrected chi connectivity index (χ1v) is 13.3. The Bertz CT molecular complexity index is 1520. The number of non-ortho nitro benzene ring substituents is 1. The molecule has 3 heterocycles. The zero-order valence-electron chi connectivity index (χ0n) is 20.1. The van der Waals surface area contributed by atoms with Gasteiger partial charge in [0, 0.05) is 28.4 Å². The Morgan fingerprint density at radius 3 is 2.68 bits per heavy atom. The van der Waals surface area contributed by atoms with Crippen molar-refractivity contribution in [2.75, 3.05) is 0 Å². The molecule has 2 aromatic heterocycles. The molecule has 1 N–H and O–H groups in total. The topological polar surface area (TPSA) is 123 Å². The van der Waals surface area contributed by atoms with Gasteiger partial charge >= 0.3 is 5.97 Å². The van der Waals surface area contributed by atoms with Crippen LogP contribution in [0.3, 0.4) is 0 Å². The minimum atomic E-state index is -0.939. The number of imide groups is 1. The SMILES string of the molecule is Cc1cc(/C=C2\SC(=O)N(Cc3cccc([N+](=O)[O-])c3)C2=O)c(C)n1-c1sc2c(c1C(=O)O)CCCC2. The molecule has 1 aliphatic heterocycles. The van der Waals surface area contributed by atoms with Crippen LogP contribution in [0.2, 0.25) is 0 Å². The van der Waals surface area contributed by atoms with E-state index in [-0.39, 0.29) is 17.1 Å². The van der Waals surface area contributed by atoms with Crippen molar-refractivity contribution in [3.05, 3.63) is 83.9 Å². The number of aromatic nitrogens is 1. The number of carboxylic acid groups (broad SMARTS) is 1. The average molecular weight is 538 g/mol. The van der Waals surface area contributed by atoms with Gasteiger partial charge in [-0.2, -0.15) is 0 Å². The van der Waals surface area contributed by atoms with Gasteiger partial charge < -0.3 is 9.67 Å². The van der Waals surface area contributed by atoms with Crippen LogP contribution in [0.1, 0.15) is 56.2 Å². The Labute approximate surface area is 220 Å². The summed E-state index contributed by atoms with van der Waals surface area (Å²) >= 11 is 2.33. The lowest BCUT2D eigenvalue weighted by molar-refractivity contribution is -0.384. The number of aromatic carboxylic acids is 1. The molecule has 11 heteroatoms. The molecule has 190 valence electrons. The number of carboxylic acids is 1. The van der Waals surface area contributed by atoms with Crippen LogP contribution in [0.5, 0.6) is 0 Å². The third-order valence-electron chi connectivity index (χ3n) is 6.66. The van der Waals surface area contributed by atoms with Crippen molar-refractivity contribution < 1.29 is 24.4 Å². The van der Waals surface area contributed by atoms with Gasteiger partial charge in [0.25, 0.3) is 16.8 Å². The number of amides is 2. The molecular weight excluding hydrogens is 514 g/mol. The minimum Gasteiger partial charge on any atom is -0.478 e. The van der Waals surface area contributed by atoms with Gasteiger partial charge in [-0.3, -0.25) is 24.6 Å². The molecule has 3 aromatic rings. The van der Waals surface area contributed by atoms with Crippen molar-refractivity contribution in [2.24, 2.45) is 0 Å². The zero-order valence-corrected chi connectivity index (χ0v) is 21.8. The van der Waals surface area contributed by atoms with Crippen molar-refractivity contribution in [2.45, 2.75) is 46.1 Å². The Morgan fingerprint density at radius 1 is 1.19 bits per heavy atom. The van der Waals surface area contributed by atoms with E-state index in [9.17, 15) is 29.6 Å². The number of nitro benzene ring substituents is 1. The highest BCUT2D eigenvalue weighted by molar-refractivity contribution is 8.18. The lowest BCUT2D eigenvalue weighted by atomic mass is 9.95. The maximum absolute atomic E-state index is 13.1. The summed E-state index contributed by atoms with van der Waals surface area (Å²) in [6.07, 6.45) is 5.32. The van der Waals surface area contributed by atoms with E-state index < -0.39 is 22.0 Å². The normalized spacial score (nSPS) is 16.5. The Balaban J connectivity index is 1.47. The third kappa shape index (κ3) is 4.49. The second-order valence-electron chi connectivity index (χ2n) is 9.05. The molecule has 2 aliphatic rings. The summed E-state index contributed by atoms with van der Waals surface area (Å²) in [5, 5.41) is 21.3. The number of carbonyl (C=O) groups excluding carboxylic acids is 2. The molecular formula is C26H23N3O6S2. The zero-order chi connectivity index (χ0) is 26.4. The fourth-order valence-electron chi connectivity index (χ4n) is 4.90. The molecule has 9 nitrogen and oxygen atoms in total. The second-order valence-corrected chi connectivity index (χ2v) is 11.1. The van der Waals surface area contributed by atoms with Gasteiger partial charge in [-0.25, -0.2) is 4.79 Å². The number of thiophene rings is 1. The van der Waals surface area contributed by atoms with E-state index in [4.69, 9.17) is 0 Å². The van der Waals surface area contributed by atoms with Gasteiger partial charge in [-0.1, -0.05) is 12.1 Å². The van der Waals surface area contributed by atoms with Crippen LogP contribution in [-0.2, 0) is 24.2 Å². The van der Waals surface area contributed by atoms with E-state index in [1.165, 1.54) is 29.5 Å². The molecule has 0 atom stereocenters. The Morgan fingerprint density at radius 2 is 1.95 bits per heavy atom. The van der Waals surface area contributed by atoms with Crippen LogP contribution in [0.4, 0.5) is 10.5 Å². The molecule has 1 fully saturated rings. The number of thioether (sulfide) groups is 1. The second kappa shape index (κ2) is 9.64. The maximum atomic E-state index is 13.1. The van der Waals surface area contributed by atoms with Crippen LogP contribution in [0.25, 0.3) is 11.1 Å². The molecule has 5 rings (SSSR count). The largest absolute Gasteiger partial charge is 0.478 e. The van der Waals surface area contributed by atoms with Crippen molar-refractivity contribution in [1.29, 1.82) is 0 Å². The van der Waals surface area contributed by atoms with Crippen LogP contribution < -0.4 is 0 Å². The van der Waals surface area contributed by atoms with E-state index in [1.807, 2.05) is 24.5 Å². The smallest absolute Gasteiger partial charge is 0.339 e. The number of aryl methyl sites for hydroxylation is 2. The van der Waals surface area contributed by atoms with Gasteiger partial charge in [-0.05, 0) is 80.1 Å². The first kappa shape index (κ1) is 25.0. The minimum absolute atomic E-state index is 0.0641. The molecule has 0 radical (unpaired) electrons. The first-order chi connectivity index (χ1) is 17.7. The van der Waals surface area contributed by atoms with E-state index in [2.05, 4.69) is 0 Å². The average Bonchev–Trinajstić information content (AvgIpc) is 3.46. The molecule has 0 bridgehead atoms. The lowest BCUT2D eigenvalue weighted by Gasteiger charge is -2.12. The number of carbonyl (C=O) groups is 3. The van der Waals surface area contributed by atoms with Gasteiger partial charge in [-0.15, -0.1) is 11.3 Å². The molecule has 2 amide bonds. The molecule has 1 aliphatic carbocycles. The van der Waals surface area contributed by atoms with Crippen LogP contribution >= 0.6 is 23.1 Å². The van der Waals surface area contributed by atoms with Crippen molar-refractivity contribution >= 4 is 52.0 Å². The fraction of sp³-hybridized carbons (Fsp3) is 0.269. The van der Waals surface area contributed by atoms with Crippen molar-refractivity contribution in [3.63, 3.8) is 0 Å². The highest BCUT2D eigenvalue weighted by Gasteiger charge is 2.35. The standard InChI is InChI=1S/C26H23N3O6S2/c1-14-10-17(15(2)28(14)24-22(25(31)32)19-8-3-4-9-20(19)36-24)12-21-23(30)27(26(33)37-21)13-16-6-5-7-18(11-16)29(34)35/h5-7,10-12H,3-4,8-9,13H2,1-2H3,(H,31,32)/b21-12-. The number of hydrogen-bond donors (Lipinski definition) is 1. The fourth-order valence-corrected chi connectivity index (χ4v) is 7.23. The van der Waals surface area contributed by atoms with Crippen molar-refractivity contribution in [1.82, 2.24) is 9.47 Å². The number of nitrogens with zero attached hydrogens (tertiary/aromatic N) is 3. The lowest BCUT2D eigenvalue weighted by Crippen LogP contribution is -2.27. The summed E-state index contributed by atoms with van der Waals surface area (Å²) in [6.45, 7) is 3.70. The van der Waals surface area contributed by atoms with E-state index >= 15 is 0 Å². The van der Waals surface area contributed by atoms with Crippen LogP contribution in [0.15, 0.2) is 35.2 Å². The van der Waals surface area contributed by atoms with Gasteiger partial charge in [0.1, 0.15) is 5.00 Å².